The van der Waals surface area contributed by atoms with E-state index >= 15 is 0 Å². The normalized spacial score (nSPS) is 12.6. The Morgan fingerprint density at radius 2 is 2.29 bits per heavy atom. The second-order valence-electron chi connectivity index (χ2n) is 3.65. The lowest BCUT2D eigenvalue weighted by atomic mass is 10.1. The van der Waals surface area contributed by atoms with Crippen LogP contribution in [0.15, 0.2) is 24.8 Å². The predicted molar refractivity (Wildman–Crippen MR) is 58.6 cm³/mol. The Kier molecular flexibility index (Phi) is 3.43. The molecule has 0 fully saturated rings. The summed E-state index contributed by atoms with van der Waals surface area (Å²) in [5, 5.41) is 14.0. The van der Waals surface area contributed by atoms with Crippen molar-refractivity contribution in [2.45, 2.75) is 26.0 Å². The minimum Gasteiger partial charge on any atom is -0.388 e. The van der Waals surface area contributed by atoms with Crippen molar-refractivity contribution in [2.24, 2.45) is 0 Å². The first kappa shape index (κ1) is 11.7. The topological polar surface area (TPSA) is 63.8 Å². The van der Waals surface area contributed by atoms with E-state index in [9.17, 15) is 9.50 Å². The Morgan fingerprint density at radius 1 is 1.47 bits per heavy atom. The molecule has 2 heterocycles. The molecule has 0 amide bonds. The maximum absolute atomic E-state index is 12.9. The van der Waals surface area contributed by atoms with Crippen LogP contribution < -0.4 is 0 Å². The first-order valence-electron chi connectivity index (χ1n) is 5.36. The van der Waals surface area contributed by atoms with Crippen molar-refractivity contribution >= 4 is 0 Å². The minimum absolute atomic E-state index is 0.291. The van der Waals surface area contributed by atoms with E-state index in [0.717, 1.165) is 6.20 Å². The van der Waals surface area contributed by atoms with E-state index in [2.05, 4.69) is 15.1 Å². The fourth-order valence-electron chi connectivity index (χ4n) is 1.61. The van der Waals surface area contributed by atoms with E-state index in [4.69, 9.17) is 0 Å². The molecular weight excluding hydrogens is 223 g/mol. The summed E-state index contributed by atoms with van der Waals surface area (Å²) in [5.74, 6) is 0.211. The number of nitrogens with zero attached hydrogens (tertiary/aromatic N) is 4. The largest absolute Gasteiger partial charge is 0.388 e. The van der Waals surface area contributed by atoms with Gasteiger partial charge in [-0.1, -0.05) is 0 Å². The summed E-state index contributed by atoms with van der Waals surface area (Å²) in [7, 11) is 0. The van der Waals surface area contributed by atoms with Crippen molar-refractivity contribution in [1.29, 1.82) is 0 Å². The minimum atomic E-state index is -0.826. The molecule has 2 rings (SSSR count). The molecule has 0 bridgehead atoms. The maximum Gasteiger partial charge on any atom is 0.141 e. The summed E-state index contributed by atoms with van der Waals surface area (Å²) in [5.41, 5.74) is 0.440. The number of rotatable bonds is 4. The summed E-state index contributed by atoms with van der Waals surface area (Å²) >= 11 is 0. The Morgan fingerprint density at radius 3 is 3.00 bits per heavy atom. The molecule has 1 atom stereocenters. The standard InChI is InChI=1S/C11H13FN4O/c1-2-16-11(14-7-15-16)4-10(17)8-3-9(12)6-13-5-8/h3,5-7,10,17H,2,4H2,1H3. The first-order chi connectivity index (χ1) is 8.20. The van der Waals surface area contributed by atoms with Crippen LogP contribution in [0.25, 0.3) is 0 Å². The van der Waals surface area contributed by atoms with Gasteiger partial charge in [-0.15, -0.1) is 0 Å². The summed E-state index contributed by atoms with van der Waals surface area (Å²) in [4.78, 5) is 7.75. The second kappa shape index (κ2) is 5.01. The Balaban J connectivity index is 2.14. The van der Waals surface area contributed by atoms with Gasteiger partial charge in [0, 0.05) is 24.7 Å². The smallest absolute Gasteiger partial charge is 0.141 e. The lowest BCUT2D eigenvalue weighted by Gasteiger charge is -2.10. The monoisotopic (exact) mass is 236 g/mol. The highest BCUT2D eigenvalue weighted by Gasteiger charge is 2.13. The lowest BCUT2D eigenvalue weighted by Crippen LogP contribution is -2.10. The number of aliphatic hydroxyl groups is 1. The lowest BCUT2D eigenvalue weighted by molar-refractivity contribution is 0.173. The molecule has 90 valence electrons. The summed E-state index contributed by atoms with van der Waals surface area (Å²) < 4.78 is 14.6. The van der Waals surface area contributed by atoms with Crippen LogP contribution in [0.4, 0.5) is 4.39 Å². The highest BCUT2D eigenvalue weighted by atomic mass is 19.1. The molecular formula is C11H13FN4O. The molecule has 1 unspecified atom stereocenters. The van der Waals surface area contributed by atoms with Crippen molar-refractivity contribution in [1.82, 2.24) is 19.7 Å². The van der Waals surface area contributed by atoms with Crippen LogP contribution in [0, 0.1) is 5.82 Å². The van der Waals surface area contributed by atoms with Crippen molar-refractivity contribution in [3.05, 3.63) is 42.0 Å². The van der Waals surface area contributed by atoms with E-state index in [-0.39, 0.29) is 0 Å². The molecule has 0 spiro atoms. The van der Waals surface area contributed by atoms with Crippen LogP contribution in [0.1, 0.15) is 24.4 Å². The van der Waals surface area contributed by atoms with Crippen LogP contribution in [-0.4, -0.2) is 24.9 Å². The first-order valence-corrected chi connectivity index (χ1v) is 5.36. The third kappa shape index (κ3) is 2.65. The van der Waals surface area contributed by atoms with Gasteiger partial charge in [0.15, 0.2) is 0 Å². The van der Waals surface area contributed by atoms with Gasteiger partial charge in [-0.3, -0.25) is 9.67 Å². The van der Waals surface area contributed by atoms with Crippen molar-refractivity contribution < 1.29 is 9.50 Å². The number of hydrogen-bond acceptors (Lipinski definition) is 4. The summed E-state index contributed by atoms with van der Waals surface area (Å²) in [6, 6.07) is 1.27. The molecule has 0 saturated carbocycles. The molecule has 0 aliphatic rings. The molecule has 2 aromatic rings. The molecule has 0 aromatic carbocycles. The summed E-state index contributed by atoms with van der Waals surface area (Å²) in [6.07, 6.45) is 3.45. The van der Waals surface area contributed by atoms with E-state index in [1.165, 1.54) is 18.6 Å². The average Bonchev–Trinajstić information content (AvgIpc) is 2.76. The van der Waals surface area contributed by atoms with Gasteiger partial charge in [-0.2, -0.15) is 5.10 Å². The van der Waals surface area contributed by atoms with E-state index < -0.39 is 11.9 Å². The van der Waals surface area contributed by atoms with E-state index in [0.29, 0.717) is 24.4 Å². The maximum atomic E-state index is 12.9. The van der Waals surface area contributed by atoms with E-state index in [1.54, 1.807) is 4.68 Å². The number of aliphatic hydroxyl groups excluding tert-OH is 1. The van der Waals surface area contributed by atoms with E-state index in [1.807, 2.05) is 6.92 Å². The molecule has 1 N–H and O–H groups in total. The van der Waals surface area contributed by atoms with Gasteiger partial charge in [0.1, 0.15) is 18.0 Å². The SMILES string of the molecule is CCn1ncnc1CC(O)c1cncc(F)c1. The highest BCUT2D eigenvalue weighted by Crippen LogP contribution is 2.16. The van der Waals surface area contributed by atoms with Crippen LogP contribution in [0.2, 0.25) is 0 Å². The van der Waals surface area contributed by atoms with Crippen molar-refractivity contribution in [3.8, 4) is 0 Å². The fraction of sp³-hybridized carbons (Fsp3) is 0.364. The zero-order valence-electron chi connectivity index (χ0n) is 9.41. The number of pyridine rings is 1. The van der Waals surface area contributed by atoms with Crippen LogP contribution in [0.5, 0.6) is 0 Å². The highest BCUT2D eigenvalue weighted by molar-refractivity contribution is 5.14. The van der Waals surface area contributed by atoms with Crippen LogP contribution >= 0.6 is 0 Å². The molecule has 0 radical (unpaired) electrons. The van der Waals surface area contributed by atoms with Crippen LogP contribution in [0.3, 0.4) is 0 Å². The average molecular weight is 236 g/mol. The van der Waals surface area contributed by atoms with Gasteiger partial charge in [-0.05, 0) is 13.0 Å². The number of aromatic nitrogens is 4. The molecule has 0 aliphatic carbocycles. The van der Waals surface area contributed by atoms with Crippen molar-refractivity contribution in [2.75, 3.05) is 0 Å². The third-order valence-electron chi connectivity index (χ3n) is 2.48. The quantitative estimate of drug-likeness (QED) is 0.863. The van der Waals surface area contributed by atoms with Crippen LogP contribution in [-0.2, 0) is 13.0 Å². The second-order valence-corrected chi connectivity index (χ2v) is 3.65. The molecule has 17 heavy (non-hydrogen) atoms. The number of aryl methyl sites for hydroxylation is 1. The van der Waals surface area contributed by atoms with Gasteiger partial charge >= 0.3 is 0 Å². The Bertz CT molecular complexity index is 500. The fourth-order valence-corrected chi connectivity index (χ4v) is 1.61. The van der Waals surface area contributed by atoms with Gasteiger partial charge in [0.25, 0.3) is 0 Å². The molecule has 0 aliphatic heterocycles. The molecule has 0 saturated heterocycles. The Hall–Kier alpha value is -1.82. The predicted octanol–water partition coefficient (Wildman–Crippen LogP) is 1.11. The molecule has 5 nitrogen and oxygen atoms in total. The van der Waals surface area contributed by atoms with Gasteiger partial charge in [0.2, 0.25) is 0 Å². The Labute approximate surface area is 98.0 Å². The molecule has 6 heteroatoms. The zero-order valence-corrected chi connectivity index (χ0v) is 9.41. The third-order valence-corrected chi connectivity index (χ3v) is 2.48. The molecule has 2 aromatic heterocycles. The van der Waals surface area contributed by atoms with Crippen molar-refractivity contribution in [3.63, 3.8) is 0 Å². The zero-order chi connectivity index (χ0) is 12.3. The van der Waals surface area contributed by atoms with Gasteiger partial charge in [0.05, 0.1) is 12.3 Å². The van der Waals surface area contributed by atoms with Gasteiger partial charge in [-0.25, -0.2) is 9.37 Å². The number of hydrogen-bond donors (Lipinski definition) is 1. The van der Waals surface area contributed by atoms with Gasteiger partial charge < -0.3 is 5.11 Å². The summed E-state index contributed by atoms with van der Waals surface area (Å²) in [6.45, 7) is 2.62. The number of halogens is 1.